The second-order valence-corrected chi connectivity index (χ2v) is 9.47. The SMILES string of the molecule is CC1CCCN(S(=O)(=O)c2cc(C(=O)NCC(=O)NC(C)C)ccc2Cl)C1. The summed E-state index contributed by atoms with van der Waals surface area (Å²) in [5, 5.41) is 5.22. The highest BCUT2D eigenvalue weighted by Gasteiger charge is 2.30. The van der Waals surface area contributed by atoms with Gasteiger partial charge in [-0.25, -0.2) is 8.42 Å². The van der Waals surface area contributed by atoms with Gasteiger partial charge in [0.1, 0.15) is 4.90 Å². The molecule has 0 aromatic heterocycles. The van der Waals surface area contributed by atoms with Crippen LogP contribution in [-0.2, 0) is 14.8 Å². The first-order valence-electron chi connectivity index (χ1n) is 8.98. The number of piperidine rings is 1. The lowest BCUT2D eigenvalue weighted by atomic mass is 10.0. The Hall–Kier alpha value is -1.64. The summed E-state index contributed by atoms with van der Waals surface area (Å²) < 4.78 is 27.3. The van der Waals surface area contributed by atoms with Gasteiger partial charge in [-0.1, -0.05) is 18.5 Å². The summed E-state index contributed by atoms with van der Waals surface area (Å²) >= 11 is 6.12. The van der Waals surface area contributed by atoms with Crippen molar-refractivity contribution >= 4 is 33.4 Å². The highest BCUT2D eigenvalue weighted by atomic mass is 35.5. The molecule has 1 heterocycles. The van der Waals surface area contributed by atoms with Gasteiger partial charge in [-0.3, -0.25) is 9.59 Å². The van der Waals surface area contributed by atoms with Crippen molar-refractivity contribution < 1.29 is 18.0 Å². The number of sulfonamides is 1. The molecule has 2 amide bonds. The summed E-state index contributed by atoms with van der Waals surface area (Å²) in [6.45, 7) is 6.33. The highest BCUT2D eigenvalue weighted by molar-refractivity contribution is 7.89. The fraction of sp³-hybridized carbons (Fsp3) is 0.556. The first-order chi connectivity index (χ1) is 12.6. The van der Waals surface area contributed by atoms with Crippen LogP contribution in [0.25, 0.3) is 0 Å². The Labute approximate surface area is 165 Å². The van der Waals surface area contributed by atoms with Gasteiger partial charge in [0.05, 0.1) is 11.6 Å². The topological polar surface area (TPSA) is 95.6 Å². The number of carbonyl (C=O) groups is 2. The molecule has 1 aliphatic rings. The van der Waals surface area contributed by atoms with Crippen LogP contribution in [0.1, 0.15) is 44.0 Å². The van der Waals surface area contributed by atoms with E-state index >= 15 is 0 Å². The Morgan fingerprint density at radius 2 is 2.04 bits per heavy atom. The molecule has 0 bridgehead atoms. The number of hydrogen-bond donors (Lipinski definition) is 2. The van der Waals surface area contributed by atoms with Crippen molar-refractivity contribution in [2.45, 2.75) is 44.6 Å². The molecule has 1 fully saturated rings. The Balaban J connectivity index is 2.17. The maximum atomic E-state index is 13.0. The average molecular weight is 416 g/mol. The van der Waals surface area contributed by atoms with Gasteiger partial charge < -0.3 is 10.6 Å². The molecule has 0 radical (unpaired) electrons. The number of benzene rings is 1. The Bertz CT molecular complexity index is 811. The van der Waals surface area contributed by atoms with E-state index in [0.29, 0.717) is 13.1 Å². The molecular weight excluding hydrogens is 390 g/mol. The van der Waals surface area contributed by atoms with Crippen LogP contribution in [0, 0.1) is 5.92 Å². The van der Waals surface area contributed by atoms with Crippen LogP contribution in [-0.4, -0.2) is 50.2 Å². The first kappa shape index (κ1) is 21.7. The fourth-order valence-electron chi connectivity index (χ4n) is 2.98. The zero-order valence-corrected chi connectivity index (χ0v) is 17.4. The molecule has 0 spiro atoms. The summed E-state index contributed by atoms with van der Waals surface area (Å²) in [5.74, 6) is -0.574. The molecule has 0 aliphatic carbocycles. The number of halogens is 1. The molecule has 0 saturated carbocycles. The lowest BCUT2D eigenvalue weighted by Gasteiger charge is -2.30. The minimum Gasteiger partial charge on any atom is -0.352 e. The van der Waals surface area contributed by atoms with Crippen molar-refractivity contribution in [1.82, 2.24) is 14.9 Å². The van der Waals surface area contributed by atoms with Crippen LogP contribution < -0.4 is 10.6 Å². The van der Waals surface area contributed by atoms with Gasteiger partial charge in [0.25, 0.3) is 5.91 Å². The Morgan fingerprint density at radius 1 is 1.33 bits per heavy atom. The van der Waals surface area contributed by atoms with E-state index in [1.165, 1.54) is 22.5 Å². The number of nitrogens with one attached hydrogen (secondary N) is 2. The van der Waals surface area contributed by atoms with Crippen molar-refractivity contribution in [2.75, 3.05) is 19.6 Å². The largest absolute Gasteiger partial charge is 0.352 e. The molecular formula is C18H26ClN3O4S. The van der Waals surface area contributed by atoms with E-state index < -0.39 is 15.9 Å². The third-order valence-corrected chi connectivity index (χ3v) is 6.64. The van der Waals surface area contributed by atoms with Crippen molar-refractivity contribution in [3.63, 3.8) is 0 Å². The predicted molar refractivity (Wildman–Crippen MR) is 104 cm³/mol. The molecule has 9 heteroatoms. The van der Waals surface area contributed by atoms with Crippen LogP contribution in [0.3, 0.4) is 0 Å². The van der Waals surface area contributed by atoms with E-state index in [1.807, 2.05) is 20.8 Å². The zero-order chi connectivity index (χ0) is 20.2. The molecule has 2 rings (SSSR count). The van der Waals surface area contributed by atoms with E-state index in [1.54, 1.807) is 0 Å². The molecule has 1 atom stereocenters. The molecule has 1 saturated heterocycles. The van der Waals surface area contributed by atoms with Gasteiger partial charge in [-0.15, -0.1) is 0 Å². The van der Waals surface area contributed by atoms with Gasteiger partial charge in [-0.05, 0) is 50.8 Å². The quantitative estimate of drug-likeness (QED) is 0.742. The molecule has 1 unspecified atom stereocenters. The summed E-state index contributed by atoms with van der Waals surface area (Å²) in [4.78, 5) is 23.9. The molecule has 1 aromatic carbocycles. The van der Waals surface area contributed by atoms with Gasteiger partial charge in [0, 0.05) is 24.7 Å². The fourth-order valence-corrected chi connectivity index (χ4v) is 5.08. The number of amides is 2. The monoisotopic (exact) mass is 415 g/mol. The van der Waals surface area contributed by atoms with E-state index in [4.69, 9.17) is 11.6 Å². The molecule has 1 aliphatic heterocycles. The maximum absolute atomic E-state index is 13.0. The normalized spacial score (nSPS) is 18.3. The third-order valence-electron chi connectivity index (χ3n) is 4.29. The summed E-state index contributed by atoms with van der Waals surface area (Å²) in [6, 6.07) is 4.07. The van der Waals surface area contributed by atoms with Crippen molar-refractivity contribution in [3.8, 4) is 0 Å². The van der Waals surface area contributed by atoms with Crippen molar-refractivity contribution in [3.05, 3.63) is 28.8 Å². The summed E-state index contributed by atoms with van der Waals surface area (Å²) in [5.41, 5.74) is 0.139. The maximum Gasteiger partial charge on any atom is 0.251 e. The predicted octanol–water partition coefficient (Wildman–Crippen LogP) is 2.02. The summed E-state index contributed by atoms with van der Waals surface area (Å²) in [6.07, 6.45) is 1.78. The lowest BCUT2D eigenvalue weighted by molar-refractivity contribution is -0.120. The van der Waals surface area contributed by atoms with E-state index in [0.717, 1.165) is 12.8 Å². The smallest absolute Gasteiger partial charge is 0.251 e. The van der Waals surface area contributed by atoms with Crippen molar-refractivity contribution in [2.24, 2.45) is 5.92 Å². The number of nitrogens with zero attached hydrogens (tertiary/aromatic N) is 1. The minimum absolute atomic E-state index is 0.0337. The Morgan fingerprint density at radius 3 is 2.67 bits per heavy atom. The summed E-state index contributed by atoms with van der Waals surface area (Å²) in [7, 11) is -3.79. The standard InChI is InChI=1S/C18H26ClN3O4S/c1-12(2)21-17(23)10-20-18(24)14-6-7-15(19)16(9-14)27(25,26)22-8-4-5-13(3)11-22/h6-7,9,12-13H,4-5,8,10-11H2,1-3H3,(H,20,24)(H,21,23). The van der Waals surface area contributed by atoms with E-state index in [9.17, 15) is 18.0 Å². The van der Waals surface area contributed by atoms with Gasteiger partial charge in [-0.2, -0.15) is 4.31 Å². The Kier molecular flexibility index (Phi) is 7.25. The van der Waals surface area contributed by atoms with Gasteiger partial charge in [0.15, 0.2) is 0 Å². The second kappa shape index (κ2) is 9.03. The average Bonchev–Trinajstić information content (AvgIpc) is 2.59. The van der Waals surface area contributed by atoms with Crippen LogP contribution in [0.4, 0.5) is 0 Å². The van der Waals surface area contributed by atoms with E-state index in [2.05, 4.69) is 10.6 Å². The number of rotatable bonds is 6. The molecule has 1 aromatic rings. The molecule has 2 N–H and O–H groups in total. The lowest BCUT2D eigenvalue weighted by Crippen LogP contribution is -2.40. The number of hydrogen-bond acceptors (Lipinski definition) is 4. The van der Waals surface area contributed by atoms with Crippen LogP contribution in [0.2, 0.25) is 5.02 Å². The first-order valence-corrected chi connectivity index (χ1v) is 10.8. The van der Waals surface area contributed by atoms with E-state index in [-0.39, 0.29) is 39.9 Å². The zero-order valence-electron chi connectivity index (χ0n) is 15.8. The molecule has 150 valence electrons. The third kappa shape index (κ3) is 5.67. The van der Waals surface area contributed by atoms with Crippen LogP contribution >= 0.6 is 11.6 Å². The molecule has 7 nitrogen and oxygen atoms in total. The minimum atomic E-state index is -3.79. The van der Waals surface area contributed by atoms with Crippen LogP contribution in [0.5, 0.6) is 0 Å². The van der Waals surface area contributed by atoms with Gasteiger partial charge in [0.2, 0.25) is 15.9 Å². The molecule has 27 heavy (non-hydrogen) atoms. The highest BCUT2D eigenvalue weighted by Crippen LogP contribution is 2.29. The van der Waals surface area contributed by atoms with Gasteiger partial charge >= 0.3 is 0 Å². The van der Waals surface area contributed by atoms with Crippen LogP contribution in [0.15, 0.2) is 23.1 Å². The second-order valence-electron chi connectivity index (χ2n) is 7.16. The van der Waals surface area contributed by atoms with Crippen molar-refractivity contribution in [1.29, 1.82) is 0 Å². The number of carbonyl (C=O) groups excluding carboxylic acids is 2.